The van der Waals surface area contributed by atoms with Crippen LogP contribution in [0.3, 0.4) is 0 Å². The van der Waals surface area contributed by atoms with Gasteiger partial charge in [-0.1, -0.05) is 6.07 Å². The van der Waals surface area contributed by atoms with Gasteiger partial charge in [0.25, 0.3) is 5.91 Å². The Bertz CT molecular complexity index is 606. The fourth-order valence-corrected chi connectivity index (χ4v) is 3.17. The molecule has 2 heterocycles. The van der Waals surface area contributed by atoms with E-state index < -0.39 is 0 Å². The lowest BCUT2D eigenvalue weighted by atomic mass is 10.1. The zero-order valence-electron chi connectivity index (χ0n) is 13.5. The van der Waals surface area contributed by atoms with Crippen molar-refractivity contribution in [3.05, 3.63) is 29.3 Å². The summed E-state index contributed by atoms with van der Waals surface area (Å²) in [5.41, 5.74) is 2.97. The minimum absolute atomic E-state index is 0.0715. The van der Waals surface area contributed by atoms with Gasteiger partial charge in [-0.05, 0) is 44.2 Å². The van der Waals surface area contributed by atoms with E-state index in [1.807, 2.05) is 32.0 Å². The van der Waals surface area contributed by atoms with Crippen molar-refractivity contribution in [1.29, 1.82) is 0 Å². The van der Waals surface area contributed by atoms with Crippen LogP contribution in [0, 0.1) is 13.8 Å². The fraction of sp³-hybridized carbons (Fsp3) is 0.529. The minimum Gasteiger partial charge on any atom is -0.304 e. The molecule has 0 spiro atoms. The standard InChI is InChI=1S/C17H23N3O2/c1-12-4-5-14(10-13(12)2)20-16(21)11-15(17(20)22)19-8-6-18(3)7-9-19/h4-5,10,15H,6-9,11H2,1-3H3. The van der Waals surface area contributed by atoms with Crippen LogP contribution in [0.25, 0.3) is 0 Å². The van der Waals surface area contributed by atoms with Gasteiger partial charge in [0, 0.05) is 26.2 Å². The van der Waals surface area contributed by atoms with Gasteiger partial charge in [-0.2, -0.15) is 0 Å². The highest BCUT2D eigenvalue weighted by atomic mass is 16.2. The van der Waals surface area contributed by atoms with Gasteiger partial charge in [0.1, 0.15) is 0 Å². The van der Waals surface area contributed by atoms with E-state index in [0.717, 1.165) is 31.7 Å². The van der Waals surface area contributed by atoms with Gasteiger partial charge in [-0.15, -0.1) is 0 Å². The van der Waals surface area contributed by atoms with Crippen LogP contribution >= 0.6 is 0 Å². The molecule has 1 aromatic carbocycles. The first-order chi connectivity index (χ1) is 10.5. The Kier molecular flexibility index (Phi) is 4.02. The number of hydrogen-bond acceptors (Lipinski definition) is 4. The highest BCUT2D eigenvalue weighted by molar-refractivity contribution is 6.22. The molecule has 2 aliphatic heterocycles. The molecule has 5 heteroatoms. The number of aryl methyl sites for hydroxylation is 2. The third-order valence-corrected chi connectivity index (χ3v) is 4.85. The maximum atomic E-state index is 12.7. The lowest BCUT2D eigenvalue weighted by molar-refractivity contribution is -0.123. The summed E-state index contributed by atoms with van der Waals surface area (Å²) < 4.78 is 0. The van der Waals surface area contributed by atoms with E-state index in [-0.39, 0.29) is 17.9 Å². The molecule has 2 aliphatic rings. The van der Waals surface area contributed by atoms with Gasteiger partial charge in [-0.3, -0.25) is 14.5 Å². The summed E-state index contributed by atoms with van der Waals surface area (Å²) in [4.78, 5) is 30.9. The highest BCUT2D eigenvalue weighted by Gasteiger charge is 2.43. The van der Waals surface area contributed by atoms with Crippen LogP contribution in [-0.2, 0) is 9.59 Å². The zero-order valence-corrected chi connectivity index (χ0v) is 13.5. The molecule has 0 bridgehead atoms. The summed E-state index contributed by atoms with van der Waals surface area (Å²) in [6.45, 7) is 7.62. The van der Waals surface area contributed by atoms with Crippen LogP contribution in [0.2, 0.25) is 0 Å². The topological polar surface area (TPSA) is 43.9 Å². The van der Waals surface area contributed by atoms with E-state index in [4.69, 9.17) is 0 Å². The van der Waals surface area contributed by atoms with Crippen molar-refractivity contribution < 1.29 is 9.59 Å². The molecule has 22 heavy (non-hydrogen) atoms. The molecule has 2 amide bonds. The maximum Gasteiger partial charge on any atom is 0.251 e. The molecule has 0 aliphatic carbocycles. The van der Waals surface area contributed by atoms with Crippen molar-refractivity contribution in [2.24, 2.45) is 0 Å². The Hall–Kier alpha value is -1.72. The van der Waals surface area contributed by atoms with Gasteiger partial charge >= 0.3 is 0 Å². The van der Waals surface area contributed by atoms with Crippen LogP contribution in [0.5, 0.6) is 0 Å². The molecule has 1 atom stereocenters. The highest BCUT2D eigenvalue weighted by Crippen LogP contribution is 2.27. The molecule has 0 saturated carbocycles. The molecule has 1 unspecified atom stereocenters. The van der Waals surface area contributed by atoms with Crippen LogP contribution in [0.4, 0.5) is 5.69 Å². The number of rotatable bonds is 2. The zero-order chi connectivity index (χ0) is 15.9. The number of piperazine rings is 1. The molecule has 0 radical (unpaired) electrons. The van der Waals surface area contributed by atoms with E-state index in [0.29, 0.717) is 12.1 Å². The molecule has 1 aromatic rings. The monoisotopic (exact) mass is 301 g/mol. The average molecular weight is 301 g/mol. The quantitative estimate of drug-likeness (QED) is 0.770. The summed E-state index contributed by atoms with van der Waals surface area (Å²) in [5.74, 6) is -0.157. The van der Waals surface area contributed by atoms with E-state index in [1.165, 1.54) is 10.5 Å². The van der Waals surface area contributed by atoms with Gasteiger partial charge in [-0.25, -0.2) is 4.90 Å². The molecule has 3 rings (SSSR count). The third-order valence-electron chi connectivity index (χ3n) is 4.85. The van der Waals surface area contributed by atoms with Crippen molar-refractivity contribution >= 4 is 17.5 Å². The van der Waals surface area contributed by atoms with E-state index in [2.05, 4.69) is 16.8 Å². The van der Waals surface area contributed by atoms with Crippen LogP contribution < -0.4 is 4.90 Å². The number of amides is 2. The number of carbonyl (C=O) groups excluding carboxylic acids is 2. The largest absolute Gasteiger partial charge is 0.304 e. The number of nitrogens with zero attached hydrogens (tertiary/aromatic N) is 3. The Morgan fingerprint density at radius 2 is 1.68 bits per heavy atom. The van der Waals surface area contributed by atoms with Crippen LogP contribution in [0.15, 0.2) is 18.2 Å². The maximum absolute atomic E-state index is 12.7. The average Bonchev–Trinajstić information content (AvgIpc) is 2.78. The second kappa shape index (κ2) is 5.82. The number of carbonyl (C=O) groups is 2. The number of likely N-dealkylation sites (N-methyl/N-ethyl adjacent to an activating group) is 1. The van der Waals surface area contributed by atoms with Gasteiger partial charge in [0.2, 0.25) is 5.91 Å². The lowest BCUT2D eigenvalue weighted by Gasteiger charge is -2.35. The molecule has 0 aromatic heterocycles. The fourth-order valence-electron chi connectivity index (χ4n) is 3.17. The van der Waals surface area contributed by atoms with E-state index in [1.54, 1.807) is 0 Å². The van der Waals surface area contributed by atoms with E-state index >= 15 is 0 Å². The molecule has 118 valence electrons. The SMILES string of the molecule is Cc1ccc(N2C(=O)CC(N3CCN(C)CC3)C2=O)cc1C. The van der Waals surface area contributed by atoms with Crippen molar-refractivity contribution in [2.75, 3.05) is 38.1 Å². The van der Waals surface area contributed by atoms with Crippen LogP contribution in [0.1, 0.15) is 17.5 Å². The minimum atomic E-state index is -0.289. The van der Waals surface area contributed by atoms with E-state index in [9.17, 15) is 9.59 Å². The Labute approximate surface area is 131 Å². The lowest BCUT2D eigenvalue weighted by Crippen LogP contribution is -2.51. The van der Waals surface area contributed by atoms with Crippen LogP contribution in [-0.4, -0.2) is 60.9 Å². The number of benzene rings is 1. The predicted molar refractivity (Wildman–Crippen MR) is 85.9 cm³/mol. The number of anilines is 1. The summed E-state index contributed by atoms with van der Waals surface area (Å²) in [7, 11) is 2.08. The molecule has 2 saturated heterocycles. The summed E-state index contributed by atoms with van der Waals surface area (Å²) >= 11 is 0. The van der Waals surface area contributed by atoms with Crippen molar-refractivity contribution in [3.63, 3.8) is 0 Å². The first-order valence-electron chi connectivity index (χ1n) is 7.84. The molecular formula is C17H23N3O2. The normalized spacial score (nSPS) is 24.3. The van der Waals surface area contributed by atoms with Gasteiger partial charge < -0.3 is 4.90 Å². The Morgan fingerprint density at radius 3 is 2.32 bits per heavy atom. The van der Waals surface area contributed by atoms with Crippen molar-refractivity contribution in [1.82, 2.24) is 9.80 Å². The molecule has 0 N–H and O–H groups in total. The first-order valence-corrected chi connectivity index (χ1v) is 7.84. The second-order valence-corrected chi connectivity index (χ2v) is 6.40. The second-order valence-electron chi connectivity index (χ2n) is 6.40. The number of hydrogen-bond donors (Lipinski definition) is 0. The van der Waals surface area contributed by atoms with Gasteiger partial charge in [0.05, 0.1) is 18.2 Å². The Morgan fingerprint density at radius 1 is 1.00 bits per heavy atom. The van der Waals surface area contributed by atoms with Gasteiger partial charge in [0.15, 0.2) is 0 Å². The summed E-state index contributed by atoms with van der Waals surface area (Å²) in [6.07, 6.45) is 0.301. The van der Waals surface area contributed by atoms with Crippen molar-refractivity contribution in [2.45, 2.75) is 26.3 Å². The molecule has 2 fully saturated rings. The number of imide groups is 1. The van der Waals surface area contributed by atoms with Crippen molar-refractivity contribution in [3.8, 4) is 0 Å². The Balaban J connectivity index is 1.80. The smallest absolute Gasteiger partial charge is 0.251 e. The summed E-state index contributed by atoms with van der Waals surface area (Å²) in [6, 6.07) is 5.47. The molecule has 5 nitrogen and oxygen atoms in total. The first kappa shape index (κ1) is 15.2. The summed E-state index contributed by atoms with van der Waals surface area (Å²) in [5, 5.41) is 0. The third kappa shape index (κ3) is 2.66. The predicted octanol–water partition coefficient (Wildman–Crippen LogP) is 1.18. The molecular weight excluding hydrogens is 278 g/mol.